The predicted octanol–water partition coefficient (Wildman–Crippen LogP) is 3.06. The minimum absolute atomic E-state index is 0.0873. The van der Waals surface area contributed by atoms with Gasteiger partial charge in [0.2, 0.25) is 5.88 Å². The molecule has 4 aromatic rings. The number of aromatic nitrogens is 5. The van der Waals surface area contributed by atoms with Crippen LogP contribution in [0.15, 0.2) is 48.9 Å². The summed E-state index contributed by atoms with van der Waals surface area (Å²) in [5.41, 5.74) is 3.72. The summed E-state index contributed by atoms with van der Waals surface area (Å²) in [7, 11) is 1.61. The second-order valence-corrected chi connectivity index (χ2v) is 7.94. The van der Waals surface area contributed by atoms with Gasteiger partial charge in [-0.2, -0.15) is 10.1 Å². The predicted molar refractivity (Wildman–Crippen MR) is 121 cm³/mol. The van der Waals surface area contributed by atoms with Crippen molar-refractivity contribution in [1.29, 1.82) is 0 Å². The summed E-state index contributed by atoms with van der Waals surface area (Å²) >= 11 is 5.92. The first-order valence-corrected chi connectivity index (χ1v) is 10.9. The summed E-state index contributed by atoms with van der Waals surface area (Å²) in [5.74, 6) is 0.864. The third kappa shape index (κ3) is 4.24. The lowest BCUT2D eigenvalue weighted by Crippen LogP contribution is -2.37. The van der Waals surface area contributed by atoms with Crippen molar-refractivity contribution in [1.82, 2.24) is 29.5 Å². The molecule has 9 nitrogen and oxygen atoms in total. The van der Waals surface area contributed by atoms with E-state index in [1.165, 1.54) is 0 Å². The number of fused-ring (bicyclic) bond motifs is 2. The van der Waals surface area contributed by atoms with Gasteiger partial charge in [0, 0.05) is 38.0 Å². The lowest BCUT2D eigenvalue weighted by atomic mass is 10.0. The highest BCUT2D eigenvalue weighted by atomic mass is 35.5. The fourth-order valence-electron chi connectivity index (χ4n) is 3.81. The van der Waals surface area contributed by atoms with E-state index in [9.17, 15) is 4.79 Å². The first-order chi connectivity index (χ1) is 16.1. The van der Waals surface area contributed by atoms with Crippen LogP contribution in [0.5, 0.6) is 5.88 Å². The van der Waals surface area contributed by atoms with Gasteiger partial charge in [-0.15, -0.1) is 0 Å². The Morgan fingerprint density at radius 2 is 2.06 bits per heavy atom. The molecule has 1 amide bonds. The molecule has 33 heavy (non-hydrogen) atoms. The van der Waals surface area contributed by atoms with Crippen LogP contribution in [0.1, 0.15) is 21.6 Å². The van der Waals surface area contributed by atoms with E-state index in [2.05, 4.69) is 15.1 Å². The number of halogens is 1. The molecule has 0 aromatic carbocycles. The van der Waals surface area contributed by atoms with Gasteiger partial charge in [0.15, 0.2) is 5.82 Å². The standard InChI is InChI=1S/C23H21ClN6O3/c1-32-10-11-33-22-17-14-29(23(31)16-13-26-30-8-3-2-4-19(16)30)9-7-18(17)27-21(28-22)15-5-6-20(24)25-12-15/h2-6,8,12-13H,7,9-11,14H2,1H3. The molecule has 4 aromatic heterocycles. The highest BCUT2D eigenvalue weighted by molar-refractivity contribution is 6.29. The van der Waals surface area contributed by atoms with E-state index >= 15 is 0 Å². The van der Waals surface area contributed by atoms with Crippen LogP contribution in [0.4, 0.5) is 0 Å². The quantitative estimate of drug-likeness (QED) is 0.319. The summed E-state index contributed by atoms with van der Waals surface area (Å²) in [6, 6.07) is 9.16. The maximum Gasteiger partial charge on any atom is 0.258 e. The highest BCUT2D eigenvalue weighted by Crippen LogP contribution is 2.30. The number of pyridine rings is 2. The number of carbonyl (C=O) groups is 1. The second kappa shape index (κ2) is 9.13. The van der Waals surface area contributed by atoms with Crippen molar-refractivity contribution in [3.63, 3.8) is 0 Å². The summed E-state index contributed by atoms with van der Waals surface area (Å²) in [5, 5.41) is 4.69. The van der Waals surface area contributed by atoms with Gasteiger partial charge in [0.25, 0.3) is 5.91 Å². The van der Waals surface area contributed by atoms with E-state index in [-0.39, 0.29) is 5.91 Å². The van der Waals surface area contributed by atoms with Crippen LogP contribution in [0, 0.1) is 0 Å². The van der Waals surface area contributed by atoms with Crippen molar-refractivity contribution in [3.8, 4) is 17.3 Å². The molecule has 0 fully saturated rings. The molecule has 0 saturated carbocycles. The van der Waals surface area contributed by atoms with Crippen LogP contribution in [-0.4, -0.2) is 62.2 Å². The van der Waals surface area contributed by atoms with Crippen molar-refractivity contribution in [2.24, 2.45) is 0 Å². The highest BCUT2D eigenvalue weighted by Gasteiger charge is 2.28. The van der Waals surface area contributed by atoms with Crippen LogP contribution >= 0.6 is 11.6 Å². The molecule has 5 heterocycles. The molecule has 0 unspecified atom stereocenters. The zero-order valence-corrected chi connectivity index (χ0v) is 18.7. The Labute approximate surface area is 195 Å². The molecular formula is C23H21ClN6O3. The third-order valence-electron chi connectivity index (χ3n) is 5.48. The van der Waals surface area contributed by atoms with Gasteiger partial charge in [0.1, 0.15) is 11.8 Å². The van der Waals surface area contributed by atoms with E-state index in [0.717, 1.165) is 22.3 Å². The van der Waals surface area contributed by atoms with Crippen LogP contribution in [-0.2, 0) is 17.7 Å². The molecule has 0 saturated heterocycles. The number of nitrogens with zero attached hydrogens (tertiary/aromatic N) is 6. The molecule has 0 N–H and O–H groups in total. The summed E-state index contributed by atoms with van der Waals surface area (Å²) in [6.07, 6.45) is 5.64. The van der Waals surface area contributed by atoms with Gasteiger partial charge in [-0.05, 0) is 24.3 Å². The lowest BCUT2D eigenvalue weighted by molar-refractivity contribution is 0.0731. The van der Waals surface area contributed by atoms with Gasteiger partial charge in [-0.3, -0.25) is 4.79 Å². The Morgan fingerprint density at radius 3 is 2.88 bits per heavy atom. The van der Waals surface area contributed by atoms with Crippen molar-refractivity contribution >= 4 is 23.0 Å². The Hall–Kier alpha value is -3.56. The second-order valence-electron chi connectivity index (χ2n) is 7.55. The Kier molecular flexibility index (Phi) is 5.89. The van der Waals surface area contributed by atoms with Gasteiger partial charge < -0.3 is 14.4 Å². The molecule has 10 heteroatoms. The molecule has 0 radical (unpaired) electrons. The molecule has 1 aliphatic rings. The lowest BCUT2D eigenvalue weighted by Gasteiger charge is -2.29. The molecular weight excluding hydrogens is 444 g/mol. The maximum absolute atomic E-state index is 13.3. The number of methoxy groups -OCH3 is 1. The minimum Gasteiger partial charge on any atom is -0.475 e. The molecule has 168 valence electrons. The first-order valence-electron chi connectivity index (χ1n) is 10.5. The largest absolute Gasteiger partial charge is 0.475 e. The van der Waals surface area contributed by atoms with E-state index < -0.39 is 0 Å². The van der Waals surface area contributed by atoms with Crippen LogP contribution in [0.2, 0.25) is 5.15 Å². The normalized spacial score (nSPS) is 13.2. The topological polar surface area (TPSA) is 94.7 Å². The van der Waals surface area contributed by atoms with Gasteiger partial charge in [0.05, 0.1) is 41.7 Å². The van der Waals surface area contributed by atoms with E-state index in [0.29, 0.717) is 55.1 Å². The number of rotatable bonds is 6. The van der Waals surface area contributed by atoms with Crippen LogP contribution in [0.25, 0.3) is 16.9 Å². The van der Waals surface area contributed by atoms with E-state index in [1.807, 2.05) is 30.5 Å². The Balaban J connectivity index is 1.47. The number of amides is 1. The number of carbonyl (C=O) groups excluding carboxylic acids is 1. The van der Waals surface area contributed by atoms with Crippen molar-refractivity contribution in [2.75, 3.05) is 26.9 Å². The molecule has 0 bridgehead atoms. The van der Waals surface area contributed by atoms with E-state index in [4.69, 9.17) is 26.1 Å². The summed E-state index contributed by atoms with van der Waals surface area (Å²) < 4.78 is 12.8. The number of ether oxygens (including phenoxy) is 2. The first kappa shape index (κ1) is 21.3. The Bertz CT molecular complexity index is 1310. The third-order valence-corrected chi connectivity index (χ3v) is 5.70. The monoisotopic (exact) mass is 464 g/mol. The molecule has 0 spiro atoms. The minimum atomic E-state index is -0.0873. The summed E-state index contributed by atoms with van der Waals surface area (Å²) in [4.78, 5) is 28.6. The number of hydrogen-bond donors (Lipinski definition) is 0. The van der Waals surface area contributed by atoms with Crippen LogP contribution in [0.3, 0.4) is 0 Å². The maximum atomic E-state index is 13.3. The van der Waals surface area contributed by atoms with Gasteiger partial charge >= 0.3 is 0 Å². The SMILES string of the molecule is COCCOc1nc(-c2ccc(Cl)nc2)nc2c1CN(C(=O)c1cnn3ccccc13)CC2. The van der Waals surface area contributed by atoms with Gasteiger partial charge in [-0.25, -0.2) is 14.5 Å². The zero-order chi connectivity index (χ0) is 22.8. The van der Waals surface area contributed by atoms with Crippen molar-refractivity contribution in [3.05, 3.63) is 70.9 Å². The molecule has 0 aliphatic carbocycles. The molecule has 5 rings (SSSR count). The molecule has 0 atom stereocenters. The van der Waals surface area contributed by atoms with Crippen molar-refractivity contribution < 1.29 is 14.3 Å². The number of hydrogen-bond acceptors (Lipinski definition) is 7. The smallest absolute Gasteiger partial charge is 0.258 e. The zero-order valence-electron chi connectivity index (χ0n) is 17.9. The average Bonchev–Trinajstić information content (AvgIpc) is 3.28. The van der Waals surface area contributed by atoms with Crippen molar-refractivity contribution in [2.45, 2.75) is 13.0 Å². The van der Waals surface area contributed by atoms with Crippen LogP contribution < -0.4 is 4.74 Å². The van der Waals surface area contributed by atoms with Gasteiger partial charge in [-0.1, -0.05) is 17.7 Å². The fraction of sp³-hybridized carbons (Fsp3) is 0.261. The Morgan fingerprint density at radius 1 is 1.15 bits per heavy atom. The molecule has 1 aliphatic heterocycles. The van der Waals surface area contributed by atoms with E-state index in [1.54, 1.807) is 35.0 Å². The summed E-state index contributed by atoms with van der Waals surface area (Å²) in [6.45, 7) is 1.63. The fourth-order valence-corrected chi connectivity index (χ4v) is 3.92. The average molecular weight is 465 g/mol.